The number of hydrogen-bond donors (Lipinski definition) is 0. The molecule has 0 atom stereocenters. The molecule has 1 heterocycles. The van der Waals surface area contributed by atoms with Gasteiger partial charge >= 0.3 is 0 Å². The van der Waals surface area contributed by atoms with Crippen LogP contribution >= 0.6 is 0 Å². The molecule has 0 unspecified atom stereocenters. The van der Waals surface area contributed by atoms with Crippen LogP contribution in [0.1, 0.15) is 47.0 Å². The maximum atomic E-state index is 2.41. The second kappa shape index (κ2) is 5.58. The fourth-order valence-electron chi connectivity index (χ4n) is 1.22. The maximum Gasteiger partial charge on any atom is -0.00167 e. The lowest BCUT2D eigenvalue weighted by Gasteiger charge is -2.34. The van der Waals surface area contributed by atoms with E-state index in [1.165, 1.54) is 32.4 Å². The Morgan fingerprint density at radius 2 is 1.42 bits per heavy atom. The highest BCUT2D eigenvalue weighted by molar-refractivity contribution is 4.76. The van der Waals surface area contributed by atoms with E-state index in [-0.39, 0.29) is 0 Å². The van der Waals surface area contributed by atoms with E-state index in [2.05, 4.69) is 39.6 Å². The van der Waals surface area contributed by atoms with Crippen molar-refractivity contribution in [2.75, 3.05) is 20.1 Å². The summed E-state index contributed by atoms with van der Waals surface area (Å²) in [6.07, 6.45) is 3.98. The van der Waals surface area contributed by atoms with Crippen LogP contribution in [-0.2, 0) is 0 Å². The first-order valence-corrected chi connectivity index (χ1v) is 5.20. The highest BCUT2D eigenvalue weighted by atomic mass is 15.1. The molecule has 1 aliphatic heterocycles. The predicted molar refractivity (Wildman–Crippen MR) is 56.5 cm³/mol. The van der Waals surface area contributed by atoms with Crippen LogP contribution in [0.2, 0.25) is 0 Å². The van der Waals surface area contributed by atoms with Crippen LogP contribution in [0.15, 0.2) is 0 Å². The van der Waals surface area contributed by atoms with E-state index in [4.69, 9.17) is 0 Å². The number of likely N-dealkylation sites (tertiary alicyclic amines) is 1. The molecule has 0 aromatic heterocycles. The maximum absolute atomic E-state index is 2.41. The molecule has 0 radical (unpaired) electrons. The van der Waals surface area contributed by atoms with Crippen LogP contribution in [0.4, 0.5) is 0 Å². The lowest BCUT2D eigenvalue weighted by molar-refractivity contribution is 0.157. The summed E-state index contributed by atoms with van der Waals surface area (Å²) in [4.78, 5) is 2.41. The zero-order valence-corrected chi connectivity index (χ0v) is 9.48. The summed E-state index contributed by atoms with van der Waals surface area (Å²) in [5, 5.41) is 0. The SMILES string of the molecule is CCC.CN1CCC(C)(C)CC1. The highest BCUT2D eigenvalue weighted by Gasteiger charge is 2.22. The molecule has 1 saturated heterocycles. The van der Waals surface area contributed by atoms with E-state index in [0.717, 1.165) is 0 Å². The highest BCUT2D eigenvalue weighted by Crippen LogP contribution is 2.28. The quantitative estimate of drug-likeness (QED) is 0.541. The van der Waals surface area contributed by atoms with Gasteiger partial charge in [-0.3, -0.25) is 0 Å². The fourth-order valence-corrected chi connectivity index (χ4v) is 1.22. The molecule has 1 heteroatoms. The molecule has 1 rings (SSSR count). The van der Waals surface area contributed by atoms with Crippen molar-refractivity contribution < 1.29 is 0 Å². The molecule has 1 aliphatic rings. The molecular weight excluding hydrogens is 146 g/mol. The largest absolute Gasteiger partial charge is 0.306 e. The Kier molecular flexibility index (Phi) is 5.56. The van der Waals surface area contributed by atoms with Gasteiger partial charge in [0, 0.05) is 0 Å². The Balaban J connectivity index is 0.000000354. The van der Waals surface area contributed by atoms with Crippen molar-refractivity contribution in [1.82, 2.24) is 4.90 Å². The Bertz CT molecular complexity index is 97.6. The monoisotopic (exact) mass is 171 g/mol. The van der Waals surface area contributed by atoms with Crippen molar-refractivity contribution in [3.05, 3.63) is 0 Å². The van der Waals surface area contributed by atoms with Gasteiger partial charge in [0.25, 0.3) is 0 Å². The predicted octanol–water partition coefficient (Wildman–Crippen LogP) is 3.15. The lowest BCUT2D eigenvalue weighted by Crippen LogP contribution is -2.34. The van der Waals surface area contributed by atoms with Gasteiger partial charge in [0.2, 0.25) is 0 Å². The third-order valence-electron chi connectivity index (χ3n) is 2.34. The average Bonchev–Trinajstić information content (AvgIpc) is 1.98. The summed E-state index contributed by atoms with van der Waals surface area (Å²) >= 11 is 0. The van der Waals surface area contributed by atoms with Gasteiger partial charge in [0.1, 0.15) is 0 Å². The van der Waals surface area contributed by atoms with E-state index >= 15 is 0 Å². The molecule has 0 bridgehead atoms. The minimum atomic E-state index is 0.618. The van der Waals surface area contributed by atoms with Crippen molar-refractivity contribution >= 4 is 0 Å². The molecule has 0 N–H and O–H groups in total. The Labute approximate surface area is 78.1 Å². The molecule has 12 heavy (non-hydrogen) atoms. The molecule has 0 aliphatic carbocycles. The van der Waals surface area contributed by atoms with Crippen molar-refractivity contribution in [2.45, 2.75) is 47.0 Å². The van der Waals surface area contributed by atoms with Gasteiger partial charge in [-0.2, -0.15) is 0 Å². The normalized spacial score (nSPS) is 22.8. The standard InChI is InChI=1S/C8H17N.C3H8/c1-8(2)4-6-9(3)7-5-8;1-3-2/h4-7H2,1-3H3;3H2,1-2H3. The number of rotatable bonds is 0. The minimum absolute atomic E-state index is 0.618. The van der Waals surface area contributed by atoms with E-state index in [1.54, 1.807) is 0 Å². The first kappa shape index (κ1) is 12.0. The lowest BCUT2D eigenvalue weighted by atomic mass is 9.83. The van der Waals surface area contributed by atoms with Crippen molar-refractivity contribution in [1.29, 1.82) is 0 Å². The van der Waals surface area contributed by atoms with E-state index < -0.39 is 0 Å². The van der Waals surface area contributed by atoms with Crippen molar-refractivity contribution in [3.8, 4) is 0 Å². The van der Waals surface area contributed by atoms with Gasteiger partial charge < -0.3 is 4.90 Å². The van der Waals surface area contributed by atoms with Gasteiger partial charge in [-0.15, -0.1) is 0 Å². The van der Waals surface area contributed by atoms with Gasteiger partial charge in [-0.1, -0.05) is 34.1 Å². The van der Waals surface area contributed by atoms with Crippen LogP contribution in [0, 0.1) is 5.41 Å². The first-order chi connectivity index (χ1) is 5.52. The fraction of sp³-hybridized carbons (Fsp3) is 1.00. The Morgan fingerprint density at radius 1 is 1.08 bits per heavy atom. The average molecular weight is 171 g/mol. The minimum Gasteiger partial charge on any atom is -0.306 e. The van der Waals surface area contributed by atoms with Gasteiger partial charge in [0.15, 0.2) is 0 Å². The van der Waals surface area contributed by atoms with Crippen LogP contribution in [0.5, 0.6) is 0 Å². The summed E-state index contributed by atoms with van der Waals surface area (Å²) in [5.41, 5.74) is 0.618. The number of hydrogen-bond acceptors (Lipinski definition) is 1. The van der Waals surface area contributed by atoms with Gasteiger partial charge in [-0.05, 0) is 38.4 Å². The summed E-state index contributed by atoms with van der Waals surface area (Å²) in [5.74, 6) is 0. The summed E-state index contributed by atoms with van der Waals surface area (Å²) in [7, 11) is 2.20. The summed E-state index contributed by atoms with van der Waals surface area (Å²) in [6.45, 7) is 11.5. The zero-order chi connectivity index (χ0) is 9.61. The van der Waals surface area contributed by atoms with Crippen LogP contribution in [0.25, 0.3) is 0 Å². The smallest absolute Gasteiger partial charge is 0.00167 e. The Morgan fingerprint density at radius 3 is 1.67 bits per heavy atom. The van der Waals surface area contributed by atoms with E-state index in [9.17, 15) is 0 Å². The van der Waals surface area contributed by atoms with Crippen LogP contribution < -0.4 is 0 Å². The molecule has 74 valence electrons. The molecule has 0 saturated carbocycles. The molecule has 0 amide bonds. The molecule has 1 nitrogen and oxygen atoms in total. The van der Waals surface area contributed by atoms with Crippen LogP contribution in [0.3, 0.4) is 0 Å². The third-order valence-corrected chi connectivity index (χ3v) is 2.34. The van der Waals surface area contributed by atoms with E-state index in [0.29, 0.717) is 5.41 Å². The van der Waals surface area contributed by atoms with Gasteiger partial charge in [-0.25, -0.2) is 0 Å². The second-order valence-electron chi connectivity index (χ2n) is 4.67. The topological polar surface area (TPSA) is 3.24 Å². The number of piperidine rings is 1. The van der Waals surface area contributed by atoms with Crippen molar-refractivity contribution in [3.63, 3.8) is 0 Å². The first-order valence-electron chi connectivity index (χ1n) is 5.20. The number of nitrogens with zero attached hydrogens (tertiary/aromatic N) is 1. The molecule has 0 spiro atoms. The third kappa shape index (κ3) is 5.59. The van der Waals surface area contributed by atoms with E-state index in [1.807, 2.05) is 0 Å². The molecule has 0 aromatic rings. The van der Waals surface area contributed by atoms with Crippen molar-refractivity contribution in [2.24, 2.45) is 5.41 Å². The van der Waals surface area contributed by atoms with Crippen LogP contribution in [-0.4, -0.2) is 25.0 Å². The van der Waals surface area contributed by atoms with Gasteiger partial charge in [0.05, 0.1) is 0 Å². The summed E-state index contributed by atoms with van der Waals surface area (Å²) in [6, 6.07) is 0. The molecular formula is C11H25N. The summed E-state index contributed by atoms with van der Waals surface area (Å²) < 4.78 is 0. The zero-order valence-electron chi connectivity index (χ0n) is 9.48. The second-order valence-corrected chi connectivity index (χ2v) is 4.67. The molecule has 1 fully saturated rings. The Hall–Kier alpha value is -0.0400. The molecule has 0 aromatic carbocycles.